The van der Waals surface area contributed by atoms with Crippen LogP contribution in [0.15, 0.2) is 36.4 Å². The first-order valence-electron chi connectivity index (χ1n) is 6.43. The van der Waals surface area contributed by atoms with E-state index in [1.165, 1.54) is 44.6 Å². The molecule has 2 rings (SSSR count). The second-order valence-corrected chi connectivity index (χ2v) is 4.88. The summed E-state index contributed by atoms with van der Waals surface area (Å²) < 4.78 is 10.2. The molecule has 1 amide bonds. The van der Waals surface area contributed by atoms with Gasteiger partial charge in [-0.3, -0.25) is 14.9 Å². The van der Waals surface area contributed by atoms with Crippen LogP contribution >= 0.6 is 11.6 Å². The lowest BCUT2D eigenvalue weighted by molar-refractivity contribution is -0.384. The summed E-state index contributed by atoms with van der Waals surface area (Å²) in [5.41, 5.74) is 0.240. The second-order valence-electron chi connectivity index (χ2n) is 4.48. The fourth-order valence-corrected chi connectivity index (χ4v) is 2.02. The number of anilines is 1. The van der Waals surface area contributed by atoms with Gasteiger partial charge in [-0.1, -0.05) is 11.6 Å². The Morgan fingerprint density at radius 2 is 1.74 bits per heavy atom. The molecule has 0 fully saturated rings. The summed E-state index contributed by atoms with van der Waals surface area (Å²) in [7, 11) is 2.93. The van der Waals surface area contributed by atoms with E-state index in [1.807, 2.05) is 0 Å². The van der Waals surface area contributed by atoms with Gasteiger partial charge in [-0.2, -0.15) is 0 Å². The summed E-state index contributed by atoms with van der Waals surface area (Å²) in [4.78, 5) is 22.6. The van der Waals surface area contributed by atoms with Gasteiger partial charge in [0.25, 0.3) is 11.6 Å². The molecule has 7 nitrogen and oxygen atoms in total. The number of nitro benzene ring substituents is 1. The van der Waals surface area contributed by atoms with Gasteiger partial charge in [0.05, 0.1) is 29.9 Å². The zero-order valence-corrected chi connectivity index (χ0v) is 13.1. The molecule has 1 N–H and O–H groups in total. The van der Waals surface area contributed by atoms with Crippen molar-refractivity contribution in [3.05, 3.63) is 57.1 Å². The number of non-ortho nitro benzene ring substituents is 1. The van der Waals surface area contributed by atoms with Crippen LogP contribution in [-0.4, -0.2) is 25.1 Å². The average molecular weight is 337 g/mol. The highest BCUT2D eigenvalue weighted by Crippen LogP contribution is 2.28. The first-order chi connectivity index (χ1) is 10.9. The lowest BCUT2D eigenvalue weighted by Crippen LogP contribution is -2.12. The van der Waals surface area contributed by atoms with Crippen LogP contribution in [0.5, 0.6) is 11.5 Å². The summed E-state index contributed by atoms with van der Waals surface area (Å²) in [5, 5.41) is 13.5. The molecule has 0 bridgehead atoms. The third-order valence-electron chi connectivity index (χ3n) is 3.02. The first-order valence-corrected chi connectivity index (χ1v) is 6.80. The highest BCUT2D eigenvalue weighted by molar-refractivity contribution is 6.34. The molecule has 0 aromatic heterocycles. The van der Waals surface area contributed by atoms with E-state index in [9.17, 15) is 14.9 Å². The summed E-state index contributed by atoms with van der Waals surface area (Å²) in [5.74, 6) is 0.392. The Bertz CT molecular complexity index is 741. The predicted molar refractivity (Wildman–Crippen MR) is 85.6 cm³/mol. The van der Waals surface area contributed by atoms with Gasteiger partial charge in [-0.25, -0.2) is 0 Å². The monoisotopic (exact) mass is 336 g/mol. The number of hydrogen-bond donors (Lipinski definition) is 1. The zero-order valence-electron chi connectivity index (χ0n) is 12.3. The maximum Gasteiger partial charge on any atom is 0.271 e. The lowest BCUT2D eigenvalue weighted by atomic mass is 10.1. The molecule has 0 aliphatic rings. The van der Waals surface area contributed by atoms with Gasteiger partial charge in [0.15, 0.2) is 0 Å². The van der Waals surface area contributed by atoms with Gasteiger partial charge in [0, 0.05) is 23.8 Å². The summed E-state index contributed by atoms with van der Waals surface area (Å²) in [6.07, 6.45) is 0. The summed E-state index contributed by atoms with van der Waals surface area (Å²) >= 11 is 5.96. The van der Waals surface area contributed by atoms with Crippen LogP contribution < -0.4 is 14.8 Å². The number of nitrogens with zero attached hydrogens (tertiary/aromatic N) is 1. The van der Waals surface area contributed by atoms with E-state index in [0.29, 0.717) is 11.5 Å². The molecule has 23 heavy (non-hydrogen) atoms. The second kappa shape index (κ2) is 6.97. The van der Waals surface area contributed by atoms with Crippen LogP contribution in [0.3, 0.4) is 0 Å². The zero-order chi connectivity index (χ0) is 17.0. The molecule has 120 valence electrons. The van der Waals surface area contributed by atoms with Crippen molar-refractivity contribution in [2.24, 2.45) is 0 Å². The van der Waals surface area contributed by atoms with Gasteiger partial charge >= 0.3 is 0 Å². The van der Waals surface area contributed by atoms with Crippen LogP contribution in [0.25, 0.3) is 0 Å². The van der Waals surface area contributed by atoms with Crippen molar-refractivity contribution in [3.8, 4) is 11.5 Å². The molecule has 0 radical (unpaired) electrons. The molecule has 0 saturated heterocycles. The van der Waals surface area contributed by atoms with E-state index in [2.05, 4.69) is 5.32 Å². The van der Waals surface area contributed by atoms with Crippen LogP contribution in [0.2, 0.25) is 5.02 Å². The summed E-state index contributed by atoms with van der Waals surface area (Å²) in [6.45, 7) is 0. The van der Waals surface area contributed by atoms with Crippen LogP contribution in [0.1, 0.15) is 10.4 Å². The quantitative estimate of drug-likeness (QED) is 0.666. The standard InChI is InChI=1S/C15H13ClN2O5/c1-22-11-5-9(6-12(8-11)23-2)15(19)17-14-7-10(18(20)21)3-4-13(14)16/h3-8H,1-2H3,(H,17,19). The molecule has 0 unspecified atom stereocenters. The van der Waals surface area contributed by atoms with Gasteiger partial charge in [-0.05, 0) is 18.2 Å². The van der Waals surface area contributed by atoms with Crippen LogP contribution in [-0.2, 0) is 0 Å². The molecule has 2 aromatic rings. The maximum atomic E-state index is 12.3. The largest absolute Gasteiger partial charge is 0.497 e. The normalized spacial score (nSPS) is 10.0. The fourth-order valence-electron chi connectivity index (χ4n) is 1.86. The minimum absolute atomic E-state index is 0.146. The van der Waals surface area contributed by atoms with E-state index in [-0.39, 0.29) is 22.0 Å². The molecule has 0 saturated carbocycles. The minimum atomic E-state index is -0.569. The first kappa shape index (κ1) is 16.6. The van der Waals surface area contributed by atoms with Gasteiger partial charge in [0.1, 0.15) is 11.5 Å². The highest BCUT2D eigenvalue weighted by Gasteiger charge is 2.15. The van der Waals surface area contributed by atoms with Crippen molar-refractivity contribution in [2.45, 2.75) is 0 Å². The molecular formula is C15H13ClN2O5. The predicted octanol–water partition coefficient (Wildman–Crippen LogP) is 3.52. The Morgan fingerprint density at radius 3 is 2.26 bits per heavy atom. The molecular weight excluding hydrogens is 324 g/mol. The molecule has 0 atom stereocenters. The number of ether oxygens (including phenoxy) is 2. The van der Waals surface area contributed by atoms with E-state index in [0.717, 1.165) is 0 Å². The van der Waals surface area contributed by atoms with E-state index in [1.54, 1.807) is 6.07 Å². The van der Waals surface area contributed by atoms with Crippen LogP contribution in [0.4, 0.5) is 11.4 Å². The summed E-state index contributed by atoms with van der Waals surface area (Å²) in [6, 6.07) is 8.45. The van der Waals surface area contributed by atoms with E-state index in [4.69, 9.17) is 21.1 Å². The van der Waals surface area contributed by atoms with E-state index >= 15 is 0 Å². The number of rotatable bonds is 5. The Labute approximate surface area is 136 Å². The highest BCUT2D eigenvalue weighted by atomic mass is 35.5. The molecule has 0 aliphatic heterocycles. The number of methoxy groups -OCH3 is 2. The molecule has 2 aromatic carbocycles. The van der Waals surface area contributed by atoms with E-state index < -0.39 is 10.8 Å². The van der Waals surface area contributed by atoms with Gasteiger partial charge in [0.2, 0.25) is 0 Å². The van der Waals surface area contributed by atoms with Crippen LogP contribution in [0, 0.1) is 10.1 Å². The molecule has 8 heteroatoms. The fraction of sp³-hybridized carbons (Fsp3) is 0.133. The molecule has 0 heterocycles. The number of carbonyl (C=O) groups is 1. The molecule has 0 spiro atoms. The van der Waals surface area contributed by atoms with Gasteiger partial charge in [-0.15, -0.1) is 0 Å². The number of amides is 1. The smallest absolute Gasteiger partial charge is 0.271 e. The minimum Gasteiger partial charge on any atom is -0.497 e. The maximum absolute atomic E-state index is 12.3. The SMILES string of the molecule is COc1cc(OC)cc(C(=O)Nc2cc([N+](=O)[O-])ccc2Cl)c1. The number of nitrogens with one attached hydrogen (secondary N) is 1. The Balaban J connectivity index is 2.32. The molecule has 0 aliphatic carbocycles. The van der Waals surface area contributed by atoms with Crippen molar-refractivity contribution in [1.82, 2.24) is 0 Å². The topological polar surface area (TPSA) is 90.7 Å². The van der Waals surface area contributed by atoms with Gasteiger partial charge < -0.3 is 14.8 Å². The Morgan fingerprint density at radius 1 is 1.13 bits per heavy atom. The number of carbonyl (C=O) groups excluding carboxylic acids is 1. The number of halogens is 1. The van der Waals surface area contributed by atoms with Crippen molar-refractivity contribution in [2.75, 3.05) is 19.5 Å². The number of hydrogen-bond acceptors (Lipinski definition) is 5. The number of benzene rings is 2. The lowest BCUT2D eigenvalue weighted by Gasteiger charge is -2.10. The average Bonchev–Trinajstić information content (AvgIpc) is 2.55. The third-order valence-corrected chi connectivity index (χ3v) is 3.35. The third kappa shape index (κ3) is 3.89. The van der Waals surface area contributed by atoms with Crippen molar-refractivity contribution in [3.63, 3.8) is 0 Å². The van der Waals surface area contributed by atoms with Crippen molar-refractivity contribution >= 4 is 28.9 Å². The van der Waals surface area contributed by atoms with Crippen molar-refractivity contribution < 1.29 is 19.2 Å². The Kier molecular flexibility index (Phi) is 5.02. The van der Waals surface area contributed by atoms with Crippen molar-refractivity contribution in [1.29, 1.82) is 0 Å². The Hall–Kier alpha value is -2.80. The number of nitro groups is 1.